The Balaban J connectivity index is 0.000000442. The smallest absolute Gasteiger partial charge is 0.418 e. The summed E-state index contributed by atoms with van der Waals surface area (Å²) in [6.07, 6.45) is 6.15. The fourth-order valence-electron chi connectivity index (χ4n) is 1.38. The van der Waals surface area contributed by atoms with Gasteiger partial charge in [-0.3, -0.25) is 0 Å². The van der Waals surface area contributed by atoms with Gasteiger partial charge in [0.15, 0.2) is 12.7 Å². The molecule has 0 saturated heterocycles. The van der Waals surface area contributed by atoms with Crippen LogP contribution in [0.15, 0.2) is 42.6 Å². The largest absolute Gasteiger partial charge is 0.673 e. The standard InChI is InChI=1S/C10H9F2N2.2BF4/c11-14(12)8-4-2-6-10(14)9-5-1-3-7-13-9;2*2-1(3,4)5/h1-7H,8H2;;/q+1;2*-1/p+1. The van der Waals surface area contributed by atoms with Crippen LogP contribution in [0, 0.1) is 0 Å². The number of H-pyrrole nitrogens is 1. The predicted octanol–water partition coefficient (Wildman–Crippen LogP) is 4.60. The normalized spacial score (nSPS) is 16.2. The molecule has 1 aliphatic heterocycles. The summed E-state index contributed by atoms with van der Waals surface area (Å²) < 4.78 is 105. The Morgan fingerprint density at radius 1 is 0.875 bits per heavy atom. The van der Waals surface area contributed by atoms with E-state index in [-0.39, 0.29) is 12.2 Å². The molecule has 1 aromatic rings. The van der Waals surface area contributed by atoms with E-state index >= 15 is 0 Å². The third-order valence-electron chi connectivity index (χ3n) is 2.06. The molecule has 0 amide bonds. The second-order valence-electron chi connectivity index (χ2n) is 4.06. The lowest BCUT2D eigenvalue weighted by molar-refractivity contribution is -1.11. The van der Waals surface area contributed by atoms with Crippen LogP contribution in [0.3, 0.4) is 0 Å². The zero-order valence-corrected chi connectivity index (χ0v) is 11.6. The van der Waals surface area contributed by atoms with Crippen LogP contribution in [0.25, 0.3) is 5.70 Å². The highest BCUT2D eigenvalue weighted by molar-refractivity contribution is 6.50. The Morgan fingerprint density at radius 3 is 1.75 bits per heavy atom. The summed E-state index contributed by atoms with van der Waals surface area (Å²) in [6.45, 7) is -0.283. The van der Waals surface area contributed by atoms with E-state index in [4.69, 9.17) is 0 Å². The van der Waals surface area contributed by atoms with E-state index in [0.717, 1.165) is 0 Å². The van der Waals surface area contributed by atoms with Gasteiger partial charge in [0.1, 0.15) is 0 Å². The van der Waals surface area contributed by atoms with Gasteiger partial charge in [0.2, 0.25) is 0 Å². The summed E-state index contributed by atoms with van der Waals surface area (Å²) >= 11 is 0. The molecule has 0 radical (unpaired) electrons. The molecule has 24 heavy (non-hydrogen) atoms. The minimum Gasteiger partial charge on any atom is -0.418 e. The fourth-order valence-corrected chi connectivity index (χ4v) is 1.38. The second kappa shape index (κ2) is 8.76. The summed E-state index contributed by atoms with van der Waals surface area (Å²) in [5.74, 6) is 0. The van der Waals surface area contributed by atoms with Gasteiger partial charge in [-0.2, -0.15) is 0 Å². The van der Waals surface area contributed by atoms with Crippen molar-refractivity contribution in [3.05, 3.63) is 48.3 Å². The minimum atomic E-state index is -6.00. The highest BCUT2D eigenvalue weighted by Gasteiger charge is 2.41. The van der Waals surface area contributed by atoms with Crippen molar-refractivity contribution < 1.29 is 53.4 Å². The zero-order chi connectivity index (χ0) is 19.0. The van der Waals surface area contributed by atoms with Crippen molar-refractivity contribution in [3.63, 3.8) is 0 Å². The summed E-state index contributed by atoms with van der Waals surface area (Å²) in [7, 11) is -12.0. The van der Waals surface area contributed by atoms with E-state index in [9.17, 15) is 43.5 Å². The summed E-state index contributed by atoms with van der Waals surface area (Å²) in [5, 5.41) is 0. The van der Waals surface area contributed by atoms with Gasteiger partial charge < -0.3 is 34.5 Å². The molecule has 0 atom stereocenters. The first kappa shape index (κ1) is 22.0. The first-order valence-corrected chi connectivity index (χ1v) is 6.06. The monoisotopic (exact) mass is 370 g/mol. The molecule has 1 aliphatic rings. The Kier molecular flexibility index (Phi) is 8.03. The lowest BCUT2D eigenvalue weighted by Gasteiger charge is -2.13. The molecule has 0 unspecified atom stereocenters. The minimum absolute atomic E-state index is 0.00639. The topological polar surface area (TPSA) is 14.1 Å². The average Bonchev–Trinajstić information content (AvgIpc) is 2.35. The number of halogens is 10. The van der Waals surface area contributed by atoms with E-state index < -0.39 is 19.4 Å². The van der Waals surface area contributed by atoms with Gasteiger partial charge in [0.25, 0.3) is 11.4 Å². The highest BCUT2D eigenvalue weighted by Crippen LogP contribution is 2.29. The Labute approximate surface area is 129 Å². The number of aromatic nitrogens is 1. The maximum absolute atomic E-state index is 13.4. The number of hydrogen-bond acceptors (Lipinski definition) is 0. The predicted molar refractivity (Wildman–Crippen MR) is 67.8 cm³/mol. The van der Waals surface area contributed by atoms with Crippen molar-refractivity contribution in [1.82, 2.24) is 0 Å². The van der Waals surface area contributed by atoms with Crippen LogP contribution in [-0.4, -0.2) is 26.0 Å². The molecule has 0 aliphatic carbocycles. The zero-order valence-electron chi connectivity index (χ0n) is 11.6. The number of hydrogen-bond donors (Lipinski definition) is 0. The van der Waals surface area contributed by atoms with Crippen LogP contribution in [0.2, 0.25) is 0 Å². The molecule has 0 fully saturated rings. The van der Waals surface area contributed by atoms with E-state index in [1.54, 1.807) is 30.5 Å². The van der Waals surface area contributed by atoms with Crippen LogP contribution >= 0.6 is 0 Å². The molecule has 1 aromatic heterocycles. The molecule has 0 aromatic carbocycles. The van der Waals surface area contributed by atoms with Crippen molar-refractivity contribution >= 4 is 20.2 Å². The summed E-state index contributed by atoms with van der Waals surface area (Å²) in [4.78, 5) is 0.696. The molecule has 2 nitrogen and oxygen atoms in total. The van der Waals surface area contributed by atoms with E-state index in [2.05, 4.69) is 4.98 Å². The van der Waals surface area contributed by atoms with Gasteiger partial charge in [-0.15, -0.1) is 0 Å². The Morgan fingerprint density at radius 2 is 1.38 bits per heavy atom. The fraction of sp³-hybridized carbons (Fsp3) is 0.100. The third-order valence-corrected chi connectivity index (χ3v) is 2.06. The highest BCUT2D eigenvalue weighted by atomic mass is 19.5. The molecule has 0 spiro atoms. The molecule has 1 N–H and O–H groups in total. The van der Waals surface area contributed by atoms with Gasteiger partial charge in [0.05, 0.1) is 4.93 Å². The molecule has 2 rings (SSSR count). The number of pyridine rings is 1. The number of aromatic amines is 1. The van der Waals surface area contributed by atoms with Crippen LogP contribution in [0.4, 0.5) is 43.5 Å². The molecule has 14 heteroatoms. The SMILES string of the molecule is F[B-](F)(F)F.F[B-](F)(F)F.F[N+]1(F)CC=CC=C1c1cccc[nH+]1. The lowest BCUT2D eigenvalue weighted by Crippen LogP contribution is -2.32. The summed E-state index contributed by atoms with van der Waals surface area (Å²) in [6, 6.07) is 5.12. The van der Waals surface area contributed by atoms with Gasteiger partial charge in [0, 0.05) is 27.2 Å². The van der Waals surface area contributed by atoms with E-state index in [1.165, 1.54) is 12.2 Å². The van der Waals surface area contributed by atoms with Crippen LogP contribution < -0.4 is 4.98 Å². The van der Waals surface area contributed by atoms with Crippen molar-refractivity contribution in [2.24, 2.45) is 0 Å². The molecule has 0 saturated carbocycles. The van der Waals surface area contributed by atoms with Crippen LogP contribution in [-0.2, 0) is 0 Å². The molecule has 2 heterocycles. The van der Waals surface area contributed by atoms with Crippen molar-refractivity contribution in [2.75, 3.05) is 6.54 Å². The van der Waals surface area contributed by atoms with Gasteiger partial charge in [-0.25, -0.2) is 4.98 Å². The van der Waals surface area contributed by atoms with E-state index in [0.29, 0.717) is 5.69 Å². The number of nitrogens with zero attached hydrogens (tertiary/aromatic N) is 1. The molecular weight excluding hydrogens is 360 g/mol. The van der Waals surface area contributed by atoms with Gasteiger partial charge >= 0.3 is 14.5 Å². The van der Waals surface area contributed by atoms with E-state index in [1.807, 2.05) is 0 Å². The van der Waals surface area contributed by atoms with Crippen molar-refractivity contribution in [1.29, 1.82) is 0 Å². The first-order valence-electron chi connectivity index (χ1n) is 6.06. The Hall–Kier alpha value is -1.98. The second-order valence-corrected chi connectivity index (χ2v) is 4.06. The Bertz CT molecular complexity index is 529. The maximum atomic E-state index is 13.4. The summed E-state index contributed by atoms with van der Waals surface area (Å²) in [5.41, 5.74) is 0.440. The van der Waals surface area contributed by atoms with Crippen molar-refractivity contribution in [2.45, 2.75) is 0 Å². The average molecular weight is 370 g/mol. The van der Waals surface area contributed by atoms with Gasteiger partial charge in [-0.05, 0) is 12.1 Å². The number of nitrogens with one attached hydrogen (secondary N) is 1. The molecule has 0 bridgehead atoms. The molecule has 136 valence electrons. The quantitative estimate of drug-likeness (QED) is 0.390. The third kappa shape index (κ3) is 12.6. The van der Waals surface area contributed by atoms with Crippen molar-refractivity contribution in [3.8, 4) is 0 Å². The number of quaternary nitrogens is 1. The van der Waals surface area contributed by atoms with Crippen LogP contribution in [0.5, 0.6) is 0 Å². The molecular formula is C10H10B2F10N2. The van der Waals surface area contributed by atoms with Crippen LogP contribution in [0.1, 0.15) is 5.69 Å². The lowest BCUT2D eigenvalue weighted by atomic mass is 10.2. The first-order chi connectivity index (χ1) is 10.7. The number of rotatable bonds is 1. The number of allylic oxidation sites excluding steroid dienone is 2. The van der Waals surface area contributed by atoms with Gasteiger partial charge in [-0.1, -0.05) is 6.08 Å². The maximum Gasteiger partial charge on any atom is 0.673 e.